The summed E-state index contributed by atoms with van der Waals surface area (Å²) in [5, 5.41) is 6.20. The van der Waals surface area contributed by atoms with E-state index >= 15 is 0 Å². The number of carbonyl (C=O) groups excluding carboxylic acids is 2. The van der Waals surface area contributed by atoms with Gasteiger partial charge in [-0.2, -0.15) is 0 Å². The lowest BCUT2D eigenvalue weighted by Crippen LogP contribution is -2.44. The van der Waals surface area contributed by atoms with E-state index < -0.39 is 11.6 Å². The molecule has 2 amide bonds. The van der Waals surface area contributed by atoms with Crippen molar-refractivity contribution in [1.82, 2.24) is 15.5 Å². The summed E-state index contributed by atoms with van der Waals surface area (Å²) in [5.74, 6) is -0.972. The Morgan fingerprint density at radius 3 is 2.43 bits per heavy atom. The van der Waals surface area contributed by atoms with Crippen LogP contribution in [0.3, 0.4) is 0 Å². The number of guanidine groups is 1. The van der Waals surface area contributed by atoms with Crippen LogP contribution >= 0.6 is 0 Å². The second kappa shape index (κ2) is 8.16. The molecule has 0 spiro atoms. The van der Waals surface area contributed by atoms with Crippen molar-refractivity contribution in [2.24, 2.45) is 28.7 Å². The van der Waals surface area contributed by atoms with Crippen molar-refractivity contribution >= 4 is 17.8 Å². The van der Waals surface area contributed by atoms with Gasteiger partial charge in [0.05, 0.1) is 11.8 Å². The molecule has 160 valence electrons. The number of halogens is 2. The second-order valence-electron chi connectivity index (χ2n) is 8.27. The molecule has 2 fully saturated rings. The number of carbonyl (C=O) groups is 2. The summed E-state index contributed by atoms with van der Waals surface area (Å²) in [6.07, 6.45) is 5.08. The number of imide groups is 1. The fourth-order valence-electron chi connectivity index (χ4n) is 4.95. The van der Waals surface area contributed by atoms with E-state index in [2.05, 4.69) is 27.8 Å². The Morgan fingerprint density at radius 2 is 1.83 bits per heavy atom. The number of aliphatic imine (C=N–C) groups is 1. The fraction of sp³-hybridized carbons (Fsp3) is 0.500. The largest absolute Gasteiger partial charge is 0.356 e. The quantitative estimate of drug-likeness (QED) is 0.322. The number of amides is 2. The minimum Gasteiger partial charge on any atom is -0.356 e. The molecule has 5 unspecified atom stereocenters. The maximum Gasteiger partial charge on any atom is 0.233 e. The van der Waals surface area contributed by atoms with Crippen molar-refractivity contribution in [1.29, 1.82) is 0 Å². The lowest BCUT2D eigenvalue weighted by Gasteiger charge is -2.20. The van der Waals surface area contributed by atoms with Gasteiger partial charge in [0.1, 0.15) is 11.6 Å². The Labute approximate surface area is 174 Å². The number of nitrogens with one attached hydrogen (secondary N) is 2. The van der Waals surface area contributed by atoms with Gasteiger partial charge in [-0.25, -0.2) is 8.78 Å². The average Bonchev–Trinajstić information content (AvgIpc) is 3.39. The zero-order chi connectivity index (χ0) is 21.4. The Bertz CT molecular complexity index is 886. The van der Waals surface area contributed by atoms with Gasteiger partial charge in [0.2, 0.25) is 11.8 Å². The molecule has 4 rings (SSSR count). The van der Waals surface area contributed by atoms with Crippen molar-refractivity contribution in [2.75, 3.05) is 26.7 Å². The number of allylic oxidation sites excluding steroid dienone is 2. The molecule has 1 heterocycles. The molecule has 0 aromatic heterocycles. The molecule has 2 aliphatic carbocycles. The number of fused-ring (bicyclic) bond motifs is 5. The number of benzene rings is 1. The number of nitrogens with zero attached hydrogens (tertiary/aromatic N) is 2. The Morgan fingerprint density at radius 1 is 1.17 bits per heavy atom. The van der Waals surface area contributed by atoms with E-state index in [4.69, 9.17) is 0 Å². The molecule has 3 aliphatic rings. The summed E-state index contributed by atoms with van der Waals surface area (Å²) >= 11 is 0. The van der Waals surface area contributed by atoms with Crippen LogP contribution in [0.1, 0.15) is 24.8 Å². The molecule has 30 heavy (non-hydrogen) atoms. The van der Waals surface area contributed by atoms with Crippen LogP contribution in [0.2, 0.25) is 0 Å². The standard InChI is InChI=1S/C22H26F2N4O2/c1-12(16-6-5-15(23)10-17(16)24)11-27-22(25-2)26-7-8-28-20(29)18-13-3-4-14(9-13)19(18)21(28)30/h3-6,10,12-14,18-19H,7-9,11H2,1-2H3,(H2,25,26,27). The van der Waals surface area contributed by atoms with Crippen LogP contribution in [0.4, 0.5) is 8.78 Å². The Kier molecular flexibility index (Phi) is 5.58. The number of rotatable bonds is 6. The molecule has 1 saturated heterocycles. The van der Waals surface area contributed by atoms with Crippen molar-refractivity contribution in [3.05, 3.63) is 47.5 Å². The number of hydrogen-bond acceptors (Lipinski definition) is 3. The third-order valence-corrected chi connectivity index (χ3v) is 6.48. The van der Waals surface area contributed by atoms with E-state index in [1.165, 1.54) is 17.0 Å². The minimum atomic E-state index is -0.604. The molecule has 1 saturated carbocycles. The summed E-state index contributed by atoms with van der Waals surface area (Å²) in [6.45, 7) is 2.88. The topological polar surface area (TPSA) is 73.8 Å². The highest BCUT2D eigenvalue weighted by Crippen LogP contribution is 2.52. The molecule has 1 aromatic rings. The zero-order valence-electron chi connectivity index (χ0n) is 17.1. The molecular formula is C22H26F2N4O2. The lowest BCUT2D eigenvalue weighted by atomic mass is 9.85. The summed E-state index contributed by atoms with van der Waals surface area (Å²) in [5.41, 5.74) is 0.419. The van der Waals surface area contributed by atoms with E-state index in [0.29, 0.717) is 24.6 Å². The fourth-order valence-corrected chi connectivity index (χ4v) is 4.95. The van der Waals surface area contributed by atoms with Crippen molar-refractivity contribution in [3.8, 4) is 0 Å². The monoisotopic (exact) mass is 416 g/mol. The van der Waals surface area contributed by atoms with E-state index in [1.54, 1.807) is 7.05 Å². The van der Waals surface area contributed by atoms with Crippen molar-refractivity contribution in [2.45, 2.75) is 19.3 Å². The maximum atomic E-state index is 13.9. The molecule has 2 bridgehead atoms. The van der Waals surface area contributed by atoms with Gasteiger partial charge in [-0.3, -0.25) is 19.5 Å². The van der Waals surface area contributed by atoms with Crippen LogP contribution in [0.25, 0.3) is 0 Å². The van der Waals surface area contributed by atoms with E-state index in [-0.39, 0.29) is 47.9 Å². The van der Waals surface area contributed by atoms with Gasteiger partial charge < -0.3 is 10.6 Å². The Balaban J connectivity index is 1.26. The summed E-state index contributed by atoms with van der Waals surface area (Å²) in [7, 11) is 1.61. The molecule has 2 N–H and O–H groups in total. The van der Waals surface area contributed by atoms with Gasteiger partial charge in [0.25, 0.3) is 0 Å². The predicted octanol–water partition coefficient (Wildman–Crippen LogP) is 2.04. The molecular weight excluding hydrogens is 390 g/mol. The van der Waals surface area contributed by atoms with Gasteiger partial charge in [-0.05, 0) is 29.9 Å². The maximum absolute atomic E-state index is 13.9. The smallest absolute Gasteiger partial charge is 0.233 e. The molecule has 8 heteroatoms. The molecule has 0 radical (unpaired) electrons. The van der Waals surface area contributed by atoms with Gasteiger partial charge >= 0.3 is 0 Å². The van der Waals surface area contributed by atoms with E-state index in [1.807, 2.05) is 6.92 Å². The lowest BCUT2D eigenvalue weighted by molar-refractivity contribution is -0.140. The summed E-state index contributed by atoms with van der Waals surface area (Å²) in [6, 6.07) is 3.56. The molecule has 6 nitrogen and oxygen atoms in total. The van der Waals surface area contributed by atoms with Gasteiger partial charge in [-0.15, -0.1) is 0 Å². The SMILES string of the molecule is CN=C(NCCN1C(=O)C2C3C=CC(C3)C2C1=O)NCC(C)c1ccc(F)cc1F. The first-order valence-corrected chi connectivity index (χ1v) is 10.3. The van der Waals surface area contributed by atoms with Crippen LogP contribution < -0.4 is 10.6 Å². The molecule has 5 atom stereocenters. The van der Waals surface area contributed by atoms with Crippen LogP contribution in [0.5, 0.6) is 0 Å². The third-order valence-electron chi connectivity index (χ3n) is 6.48. The first-order chi connectivity index (χ1) is 14.4. The third kappa shape index (κ3) is 3.59. The van der Waals surface area contributed by atoms with Crippen molar-refractivity contribution in [3.63, 3.8) is 0 Å². The van der Waals surface area contributed by atoms with Gasteiger partial charge in [0.15, 0.2) is 5.96 Å². The highest BCUT2D eigenvalue weighted by molar-refractivity contribution is 6.06. The number of hydrogen-bond donors (Lipinski definition) is 2. The van der Waals surface area contributed by atoms with Gasteiger partial charge in [-0.1, -0.05) is 25.1 Å². The second-order valence-corrected chi connectivity index (χ2v) is 8.27. The summed E-state index contributed by atoms with van der Waals surface area (Å²) < 4.78 is 27.0. The minimum absolute atomic E-state index is 0.0630. The highest BCUT2D eigenvalue weighted by Gasteiger charge is 2.58. The van der Waals surface area contributed by atoms with E-state index in [9.17, 15) is 18.4 Å². The van der Waals surface area contributed by atoms with Crippen LogP contribution in [0.15, 0.2) is 35.3 Å². The van der Waals surface area contributed by atoms with E-state index in [0.717, 1.165) is 12.5 Å². The normalized spacial score (nSPS) is 28.3. The van der Waals surface area contributed by atoms with Crippen molar-refractivity contribution < 1.29 is 18.4 Å². The molecule has 1 aromatic carbocycles. The number of likely N-dealkylation sites (tertiary alicyclic amines) is 1. The first kappa shape index (κ1) is 20.5. The van der Waals surface area contributed by atoms with Crippen LogP contribution in [-0.2, 0) is 9.59 Å². The predicted molar refractivity (Wildman–Crippen MR) is 109 cm³/mol. The summed E-state index contributed by atoms with van der Waals surface area (Å²) in [4.78, 5) is 30.9. The van der Waals surface area contributed by atoms with Crippen LogP contribution in [-0.4, -0.2) is 49.4 Å². The first-order valence-electron chi connectivity index (χ1n) is 10.3. The zero-order valence-corrected chi connectivity index (χ0v) is 17.1. The average molecular weight is 416 g/mol. The highest BCUT2D eigenvalue weighted by atomic mass is 19.1. The Hall–Kier alpha value is -2.77. The molecule has 1 aliphatic heterocycles. The van der Waals surface area contributed by atoms with Gasteiger partial charge in [0, 0.05) is 38.7 Å². The van der Waals surface area contributed by atoms with Crippen LogP contribution in [0, 0.1) is 35.3 Å².